The van der Waals surface area contributed by atoms with Crippen molar-refractivity contribution in [2.24, 2.45) is 0 Å². The Morgan fingerprint density at radius 1 is 1.38 bits per heavy atom. The molecule has 4 heteroatoms. The Bertz CT molecular complexity index is 313. The SMILES string of the molecule is CC(O)Cc1cc(Br)c(F)cc1F. The van der Waals surface area contributed by atoms with Gasteiger partial charge < -0.3 is 5.11 Å². The summed E-state index contributed by atoms with van der Waals surface area (Å²) in [6, 6.07) is 2.15. The summed E-state index contributed by atoms with van der Waals surface area (Å²) in [4.78, 5) is 0. The van der Waals surface area contributed by atoms with E-state index >= 15 is 0 Å². The lowest BCUT2D eigenvalue weighted by molar-refractivity contribution is 0.194. The van der Waals surface area contributed by atoms with Gasteiger partial charge >= 0.3 is 0 Å². The lowest BCUT2D eigenvalue weighted by Crippen LogP contribution is -2.06. The number of halogens is 3. The molecular weight excluding hydrogens is 242 g/mol. The van der Waals surface area contributed by atoms with Crippen LogP contribution in [0.4, 0.5) is 8.78 Å². The highest BCUT2D eigenvalue weighted by Gasteiger charge is 2.09. The predicted octanol–water partition coefficient (Wildman–Crippen LogP) is 2.65. The van der Waals surface area contributed by atoms with Crippen LogP contribution in [0.15, 0.2) is 16.6 Å². The first kappa shape index (κ1) is 10.6. The van der Waals surface area contributed by atoms with Gasteiger partial charge in [0.05, 0.1) is 10.6 Å². The van der Waals surface area contributed by atoms with Crippen molar-refractivity contribution in [1.82, 2.24) is 0 Å². The highest BCUT2D eigenvalue weighted by molar-refractivity contribution is 9.10. The third-order valence-corrected chi connectivity index (χ3v) is 2.21. The minimum atomic E-state index is -0.633. The zero-order chi connectivity index (χ0) is 10.0. The Balaban J connectivity index is 3.01. The Kier molecular flexibility index (Phi) is 3.39. The fraction of sp³-hybridized carbons (Fsp3) is 0.333. The average molecular weight is 251 g/mol. The molecule has 0 aromatic heterocycles. The van der Waals surface area contributed by atoms with Crippen LogP contribution in [-0.4, -0.2) is 11.2 Å². The summed E-state index contributed by atoms with van der Waals surface area (Å²) in [5, 5.41) is 9.01. The van der Waals surface area contributed by atoms with Crippen LogP contribution >= 0.6 is 15.9 Å². The van der Waals surface area contributed by atoms with Gasteiger partial charge in [-0.1, -0.05) is 0 Å². The molecule has 13 heavy (non-hydrogen) atoms. The van der Waals surface area contributed by atoms with E-state index in [0.29, 0.717) is 5.56 Å². The first-order chi connectivity index (χ1) is 6.00. The second-order valence-corrected chi connectivity index (χ2v) is 3.77. The number of rotatable bonds is 2. The van der Waals surface area contributed by atoms with E-state index in [2.05, 4.69) is 15.9 Å². The molecule has 1 nitrogen and oxygen atoms in total. The van der Waals surface area contributed by atoms with Gasteiger partial charge in [0.15, 0.2) is 0 Å². The first-order valence-electron chi connectivity index (χ1n) is 3.82. The predicted molar refractivity (Wildman–Crippen MR) is 49.4 cm³/mol. The monoisotopic (exact) mass is 250 g/mol. The van der Waals surface area contributed by atoms with Crippen molar-refractivity contribution < 1.29 is 13.9 Å². The largest absolute Gasteiger partial charge is 0.393 e. The van der Waals surface area contributed by atoms with Crippen molar-refractivity contribution in [1.29, 1.82) is 0 Å². The van der Waals surface area contributed by atoms with Crippen LogP contribution < -0.4 is 0 Å². The van der Waals surface area contributed by atoms with Gasteiger partial charge in [-0.15, -0.1) is 0 Å². The lowest BCUT2D eigenvalue weighted by atomic mass is 10.1. The second kappa shape index (κ2) is 4.15. The quantitative estimate of drug-likeness (QED) is 0.801. The molecule has 1 aromatic carbocycles. The molecule has 72 valence electrons. The summed E-state index contributed by atoms with van der Waals surface area (Å²) in [6.45, 7) is 1.55. The van der Waals surface area contributed by atoms with Crippen LogP contribution in [0.5, 0.6) is 0 Å². The number of aliphatic hydroxyl groups is 1. The molecule has 0 fully saturated rings. The van der Waals surface area contributed by atoms with Gasteiger partial charge in [-0.05, 0) is 34.5 Å². The third-order valence-electron chi connectivity index (χ3n) is 1.60. The van der Waals surface area contributed by atoms with E-state index in [4.69, 9.17) is 5.11 Å². The molecule has 0 bridgehead atoms. The summed E-state index contributed by atoms with van der Waals surface area (Å²) < 4.78 is 26.0. The van der Waals surface area contributed by atoms with Crippen LogP contribution in [-0.2, 0) is 6.42 Å². The van der Waals surface area contributed by atoms with Crippen LogP contribution in [0, 0.1) is 11.6 Å². The van der Waals surface area contributed by atoms with Crippen LogP contribution in [0.2, 0.25) is 0 Å². The van der Waals surface area contributed by atoms with Gasteiger partial charge in [0.2, 0.25) is 0 Å². The second-order valence-electron chi connectivity index (χ2n) is 2.91. The van der Waals surface area contributed by atoms with Crippen molar-refractivity contribution in [2.75, 3.05) is 0 Å². The molecule has 0 amide bonds. The highest BCUT2D eigenvalue weighted by Crippen LogP contribution is 2.20. The van der Waals surface area contributed by atoms with Gasteiger partial charge in [-0.3, -0.25) is 0 Å². The van der Waals surface area contributed by atoms with E-state index in [-0.39, 0.29) is 10.9 Å². The maximum atomic E-state index is 13.0. The Hall–Kier alpha value is -0.480. The maximum Gasteiger partial charge on any atom is 0.140 e. The summed E-state index contributed by atoms with van der Waals surface area (Å²) in [6.07, 6.45) is -0.447. The Morgan fingerprint density at radius 2 is 2.00 bits per heavy atom. The summed E-state index contributed by atoms with van der Waals surface area (Å²) in [5.41, 5.74) is 0.309. The summed E-state index contributed by atoms with van der Waals surface area (Å²) in [5.74, 6) is -1.26. The molecule has 0 aliphatic rings. The Labute approximate surface area is 83.5 Å². The molecule has 0 aliphatic carbocycles. The summed E-state index contributed by atoms with van der Waals surface area (Å²) in [7, 11) is 0. The molecule has 0 radical (unpaired) electrons. The topological polar surface area (TPSA) is 20.2 Å². The number of benzene rings is 1. The minimum absolute atomic E-state index is 0.185. The maximum absolute atomic E-state index is 13.0. The standard InChI is InChI=1S/C9H9BrF2O/c1-5(13)2-6-3-7(10)9(12)4-8(6)11/h3-5,13H,2H2,1H3. The number of aliphatic hydroxyl groups excluding tert-OH is 1. The fourth-order valence-electron chi connectivity index (χ4n) is 1.04. The normalized spacial score (nSPS) is 13.0. The molecule has 1 rings (SSSR count). The summed E-state index contributed by atoms with van der Waals surface area (Å²) >= 11 is 2.95. The molecule has 0 spiro atoms. The molecule has 0 saturated carbocycles. The minimum Gasteiger partial charge on any atom is -0.393 e. The van der Waals surface area contributed by atoms with Crippen LogP contribution in [0.1, 0.15) is 12.5 Å². The first-order valence-corrected chi connectivity index (χ1v) is 4.61. The smallest absolute Gasteiger partial charge is 0.140 e. The molecule has 1 aromatic rings. The van der Waals surface area contributed by atoms with E-state index in [1.807, 2.05) is 0 Å². The van der Waals surface area contributed by atoms with Gasteiger partial charge in [0, 0.05) is 12.5 Å². The molecule has 1 unspecified atom stereocenters. The van der Waals surface area contributed by atoms with Crippen molar-refractivity contribution in [2.45, 2.75) is 19.4 Å². The van der Waals surface area contributed by atoms with Gasteiger partial charge in [0.25, 0.3) is 0 Å². The van der Waals surface area contributed by atoms with Gasteiger partial charge in [-0.2, -0.15) is 0 Å². The van der Waals surface area contributed by atoms with Crippen LogP contribution in [0.25, 0.3) is 0 Å². The van der Waals surface area contributed by atoms with Crippen molar-refractivity contribution in [3.8, 4) is 0 Å². The molecule has 1 N–H and O–H groups in total. The zero-order valence-corrected chi connectivity index (χ0v) is 8.61. The van der Waals surface area contributed by atoms with Crippen molar-refractivity contribution in [3.05, 3.63) is 33.8 Å². The van der Waals surface area contributed by atoms with E-state index in [1.54, 1.807) is 6.92 Å². The van der Waals surface area contributed by atoms with Gasteiger partial charge in [0.1, 0.15) is 11.6 Å². The van der Waals surface area contributed by atoms with Gasteiger partial charge in [-0.25, -0.2) is 8.78 Å². The molecule has 0 saturated heterocycles. The van der Waals surface area contributed by atoms with E-state index in [9.17, 15) is 8.78 Å². The van der Waals surface area contributed by atoms with E-state index < -0.39 is 17.7 Å². The number of hydrogen-bond donors (Lipinski definition) is 1. The third kappa shape index (κ3) is 2.74. The van der Waals surface area contributed by atoms with Crippen molar-refractivity contribution in [3.63, 3.8) is 0 Å². The fourth-order valence-corrected chi connectivity index (χ4v) is 1.43. The average Bonchev–Trinajstić information content (AvgIpc) is 1.99. The molecular formula is C9H9BrF2O. The van der Waals surface area contributed by atoms with E-state index in [1.165, 1.54) is 6.07 Å². The lowest BCUT2D eigenvalue weighted by Gasteiger charge is -2.06. The van der Waals surface area contributed by atoms with Crippen molar-refractivity contribution >= 4 is 15.9 Å². The molecule has 1 atom stereocenters. The highest BCUT2D eigenvalue weighted by atomic mass is 79.9. The van der Waals surface area contributed by atoms with Crippen LogP contribution in [0.3, 0.4) is 0 Å². The number of hydrogen-bond acceptors (Lipinski definition) is 1. The molecule has 0 aliphatic heterocycles. The molecule has 0 heterocycles. The Morgan fingerprint density at radius 3 is 2.54 bits per heavy atom. The van der Waals surface area contributed by atoms with E-state index in [0.717, 1.165) is 6.07 Å². The zero-order valence-electron chi connectivity index (χ0n) is 7.02.